The molecule has 2 aromatic carbocycles. The van der Waals surface area contributed by atoms with E-state index in [-0.39, 0.29) is 47.8 Å². The summed E-state index contributed by atoms with van der Waals surface area (Å²) in [6.07, 6.45) is 5.07. The Bertz CT molecular complexity index is 2300. The number of anilines is 2. The molecule has 0 radical (unpaired) electrons. The number of piperidine rings is 2. The van der Waals surface area contributed by atoms with Crippen LogP contribution >= 0.6 is 11.6 Å². The van der Waals surface area contributed by atoms with Crippen LogP contribution in [0.25, 0.3) is 0 Å². The maximum atomic E-state index is 13.5. The second kappa shape index (κ2) is 16.2. The van der Waals surface area contributed by atoms with Crippen LogP contribution in [0.4, 0.5) is 11.6 Å². The summed E-state index contributed by atoms with van der Waals surface area (Å²) < 4.78 is 12.0. The van der Waals surface area contributed by atoms with Crippen LogP contribution in [0.1, 0.15) is 90.0 Å². The van der Waals surface area contributed by atoms with Gasteiger partial charge in [-0.05, 0) is 43.4 Å². The fourth-order valence-corrected chi connectivity index (χ4v) is 10.4. The summed E-state index contributed by atoms with van der Waals surface area (Å²) in [5.41, 5.74) is 1.10. The smallest absolute Gasteiger partial charge is 0.266 e. The minimum Gasteiger partial charge on any atom is -0.496 e. The Balaban J connectivity index is 0.806. The van der Waals surface area contributed by atoms with Gasteiger partial charge in [0.05, 0.1) is 34.4 Å². The first-order chi connectivity index (χ1) is 29.1. The molecule has 1 unspecified atom stereocenters. The molecule has 17 heteroatoms. The molecule has 1 aromatic heterocycles. The van der Waals surface area contributed by atoms with E-state index in [4.69, 9.17) is 21.1 Å². The van der Waals surface area contributed by atoms with Crippen molar-refractivity contribution in [2.75, 3.05) is 62.7 Å². The molecule has 1 saturated carbocycles. The molecule has 5 heterocycles. The third-order valence-electron chi connectivity index (χ3n) is 13.2. The van der Waals surface area contributed by atoms with Crippen LogP contribution in [0, 0.1) is 28.1 Å². The number of benzene rings is 2. The van der Waals surface area contributed by atoms with Gasteiger partial charge >= 0.3 is 0 Å². The summed E-state index contributed by atoms with van der Waals surface area (Å²) in [6.45, 7) is 13.9. The molecule has 0 bridgehead atoms. The van der Waals surface area contributed by atoms with E-state index >= 15 is 0 Å². The first-order valence-electron chi connectivity index (χ1n) is 20.8. The molecule has 320 valence electrons. The van der Waals surface area contributed by atoms with Crippen LogP contribution in [0.15, 0.2) is 42.7 Å². The Kier molecular flexibility index (Phi) is 11.2. The van der Waals surface area contributed by atoms with E-state index in [0.29, 0.717) is 33.8 Å². The third-order valence-corrected chi connectivity index (χ3v) is 13.5. The number of nitriles is 1. The van der Waals surface area contributed by atoms with Gasteiger partial charge in [0.25, 0.3) is 17.7 Å². The number of piperazine rings is 1. The zero-order valence-electron chi connectivity index (χ0n) is 35.0. The number of rotatable bonds is 10. The predicted molar refractivity (Wildman–Crippen MR) is 225 cm³/mol. The lowest BCUT2D eigenvalue weighted by Crippen LogP contribution is -2.74. The number of hydrogen-bond donors (Lipinski definition) is 2. The SMILES string of the molecule is COc1cc(N2CCN(CC3CCN(c4ncc(C(=O)N[C@H]5C(C)(C)[C@H](Oc6ccc(C#N)c(Cl)c6)C5(C)C)cn4)CC3)CC2)cc2c1C(=O)N(C1CCC(=O)NC1=O)C2=O. The van der Waals surface area contributed by atoms with Gasteiger partial charge in [0, 0.05) is 99.3 Å². The summed E-state index contributed by atoms with van der Waals surface area (Å²) in [5.74, 6) is -0.490. The molecule has 4 fully saturated rings. The van der Waals surface area contributed by atoms with Crippen molar-refractivity contribution in [2.45, 2.75) is 71.6 Å². The van der Waals surface area contributed by atoms with Gasteiger partial charge in [-0.2, -0.15) is 5.26 Å². The fourth-order valence-electron chi connectivity index (χ4n) is 10.2. The number of ether oxygens (including phenoxy) is 2. The van der Waals surface area contributed by atoms with Crippen LogP contribution in [0.5, 0.6) is 11.5 Å². The summed E-state index contributed by atoms with van der Waals surface area (Å²) >= 11 is 6.24. The number of nitrogens with zero attached hydrogens (tertiary/aromatic N) is 7. The van der Waals surface area contributed by atoms with Gasteiger partial charge < -0.3 is 24.6 Å². The minimum atomic E-state index is -1.04. The van der Waals surface area contributed by atoms with Gasteiger partial charge in [0.1, 0.15) is 29.7 Å². The number of hydrogen-bond acceptors (Lipinski definition) is 13. The number of amides is 5. The first-order valence-corrected chi connectivity index (χ1v) is 21.1. The number of methoxy groups -OCH3 is 1. The topological polar surface area (TPSA) is 190 Å². The van der Waals surface area contributed by atoms with Crippen LogP contribution in [-0.4, -0.2) is 120 Å². The number of carbonyl (C=O) groups excluding carboxylic acids is 5. The summed E-state index contributed by atoms with van der Waals surface area (Å²) in [4.78, 5) is 81.6. The highest BCUT2D eigenvalue weighted by atomic mass is 35.5. The van der Waals surface area contributed by atoms with Crippen molar-refractivity contribution < 1.29 is 33.4 Å². The number of halogens is 1. The van der Waals surface area contributed by atoms with Gasteiger partial charge in [0.2, 0.25) is 17.8 Å². The summed E-state index contributed by atoms with van der Waals surface area (Å²) in [6, 6.07) is 9.36. The maximum absolute atomic E-state index is 13.5. The predicted octanol–water partition coefficient (Wildman–Crippen LogP) is 4.06. The maximum Gasteiger partial charge on any atom is 0.266 e. The molecule has 3 saturated heterocycles. The quantitative estimate of drug-likeness (QED) is 0.278. The Labute approximate surface area is 359 Å². The zero-order valence-corrected chi connectivity index (χ0v) is 35.8. The zero-order chi connectivity index (χ0) is 43.4. The summed E-state index contributed by atoms with van der Waals surface area (Å²) in [7, 11) is 1.46. The van der Waals surface area contributed by atoms with Gasteiger partial charge in [0.15, 0.2) is 0 Å². The fraction of sp³-hybridized carbons (Fsp3) is 0.500. The highest BCUT2D eigenvalue weighted by Crippen LogP contribution is 2.55. The number of nitrogens with one attached hydrogen (secondary N) is 2. The van der Waals surface area contributed by atoms with Crippen LogP contribution in [0.3, 0.4) is 0 Å². The van der Waals surface area contributed by atoms with Crippen molar-refractivity contribution in [3.63, 3.8) is 0 Å². The molecule has 3 aromatic rings. The molecule has 61 heavy (non-hydrogen) atoms. The molecular weight excluding hydrogens is 802 g/mol. The molecule has 1 aliphatic carbocycles. The summed E-state index contributed by atoms with van der Waals surface area (Å²) in [5, 5.41) is 15.0. The van der Waals surface area contributed by atoms with E-state index in [9.17, 15) is 29.2 Å². The lowest BCUT2D eigenvalue weighted by molar-refractivity contribution is -0.164. The molecule has 1 atom stereocenters. The highest BCUT2D eigenvalue weighted by Gasteiger charge is 2.64. The van der Waals surface area contributed by atoms with Crippen molar-refractivity contribution in [3.05, 3.63) is 70.0 Å². The molecule has 4 aliphatic heterocycles. The lowest BCUT2D eigenvalue weighted by atomic mass is 9.49. The van der Waals surface area contributed by atoms with E-state index in [1.165, 1.54) is 7.11 Å². The van der Waals surface area contributed by atoms with E-state index in [2.05, 4.69) is 69.1 Å². The van der Waals surface area contributed by atoms with Crippen molar-refractivity contribution >= 4 is 52.8 Å². The lowest BCUT2D eigenvalue weighted by Gasteiger charge is -2.63. The average molecular weight is 852 g/mol. The standard InChI is InChI=1S/C44H50ClN9O7/c1-43(2)40(44(3,4)41(43)61-29-7-6-26(21-46)31(45)20-29)50-36(56)27-22-47-42(48-23-27)53-12-10-25(11-13-53)24-51-14-16-52(17-15-51)28-18-30-35(33(19-28)60-5)39(59)54(38(30)58)32-8-9-34(55)49-37(32)57/h6-7,18-20,22-23,25,32,40-41H,8-17,24H2,1-5H3,(H,50,56)(H,49,55,57)/t32?,40-,41-. The van der Waals surface area contributed by atoms with E-state index in [1.807, 2.05) is 0 Å². The number of carbonyl (C=O) groups is 5. The number of imide groups is 2. The van der Waals surface area contributed by atoms with Crippen molar-refractivity contribution in [2.24, 2.45) is 16.7 Å². The van der Waals surface area contributed by atoms with E-state index < -0.39 is 40.5 Å². The Hall–Kier alpha value is -5.79. The number of fused-ring (bicyclic) bond motifs is 1. The first kappa shape index (κ1) is 41.9. The van der Waals surface area contributed by atoms with Crippen molar-refractivity contribution in [1.82, 2.24) is 30.4 Å². The van der Waals surface area contributed by atoms with Crippen LogP contribution in [0.2, 0.25) is 5.02 Å². The second-order valence-electron chi connectivity index (χ2n) is 17.8. The van der Waals surface area contributed by atoms with Crippen LogP contribution in [-0.2, 0) is 9.59 Å². The molecule has 2 N–H and O–H groups in total. The minimum absolute atomic E-state index is 0.0540. The molecule has 5 aliphatic rings. The van der Waals surface area contributed by atoms with Gasteiger partial charge in [-0.3, -0.25) is 39.1 Å². The Morgan fingerprint density at radius 2 is 1.62 bits per heavy atom. The van der Waals surface area contributed by atoms with Crippen molar-refractivity contribution in [1.29, 1.82) is 5.26 Å². The third kappa shape index (κ3) is 7.74. The van der Waals surface area contributed by atoms with Gasteiger partial charge in [-0.25, -0.2) is 9.97 Å². The second-order valence-corrected chi connectivity index (χ2v) is 18.2. The Morgan fingerprint density at radius 3 is 2.25 bits per heavy atom. The molecule has 0 spiro atoms. The van der Waals surface area contributed by atoms with Crippen molar-refractivity contribution in [3.8, 4) is 17.6 Å². The van der Waals surface area contributed by atoms with Gasteiger partial charge in [-0.15, -0.1) is 0 Å². The normalized spacial score (nSPS) is 23.8. The number of aromatic nitrogens is 2. The highest BCUT2D eigenvalue weighted by molar-refractivity contribution is 6.31. The largest absolute Gasteiger partial charge is 0.496 e. The molecule has 16 nitrogen and oxygen atoms in total. The molecule has 8 rings (SSSR count). The molecular formula is C44H50ClN9O7. The van der Waals surface area contributed by atoms with E-state index in [0.717, 1.165) is 69.2 Å². The monoisotopic (exact) mass is 851 g/mol. The van der Waals surface area contributed by atoms with Crippen LogP contribution < -0.4 is 29.9 Å². The Morgan fingerprint density at radius 1 is 0.934 bits per heavy atom. The van der Waals surface area contributed by atoms with Gasteiger partial charge in [-0.1, -0.05) is 39.3 Å². The molecule has 5 amide bonds. The van der Waals surface area contributed by atoms with E-state index in [1.54, 1.807) is 42.7 Å². The average Bonchev–Trinajstić information content (AvgIpc) is 3.50.